The van der Waals surface area contributed by atoms with Gasteiger partial charge in [0.1, 0.15) is 0 Å². The number of carboxylic acid groups (broad SMARTS) is 1. The molecule has 1 unspecified atom stereocenters. The molecular weight excluding hydrogens is 265 g/mol. The monoisotopic (exact) mass is 274 g/mol. The first-order chi connectivity index (χ1) is 7.61. The minimum absolute atomic E-state index is 0.139. The highest BCUT2D eigenvalue weighted by molar-refractivity contribution is 7.87. The van der Waals surface area contributed by atoms with E-state index in [2.05, 4.69) is 4.18 Å². The van der Waals surface area contributed by atoms with Crippen LogP contribution in [0.4, 0.5) is 13.2 Å². The maximum atomic E-state index is 12.1. The van der Waals surface area contributed by atoms with Crippen molar-refractivity contribution in [2.24, 2.45) is 0 Å². The highest BCUT2D eigenvalue weighted by Crippen LogP contribution is 2.35. The van der Waals surface area contributed by atoms with Gasteiger partial charge in [-0.1, -0.05) is 12.2 Å². The standard InChI is InChI=1S/C8H9F3O5S/c9-8(10,11)17(14,15)16-7(6(12)13)4-2-1-3-5-7/h1-2H,3-5H2,(H,12,13). The van der Waals surface area contributed by atoms with Crippen LogP contribution in [0.15, 0.2) is 12.2 Å². The van der Waals surface area contributed by atoms with Crippen LogP contribution in [0, 0.1) is 0 Å². The predicted octanol–water partition coefficient (Wildman–Crippen LogP) is 1.42. The molecule has 1 aliphatic rings. The SMILES string of the molecule is O=C(O)C1(OS(=O)(=O)C(F)(F)F)CC=CCC1. The van der Waals surface area contributed by atoms with E-state index < -0.39 is 33.6 Å². The van der Waals surface area contributed by atoms with Crippen molar-refractivity contribution in [1.82, 2.24) is 0 Å². The molecule has 1 atom stereocenters. The van der Waals surface area contributed by atoms with Crippen molar-refractivity contribution in [1.29, 1.82) is 0 Å². The number of allylic oxidation sites excluding steroid dienone is 1. The van der Waals surface area contributed by atoms with Crippen LogP contribution < -0.4 is 0 Å². The maximum absolute atomic E-state index is 12.1. The Labute approximate surface area is 95.0 Å². The Balaban J connectivity index is 3.05. The Kier molecular flexibility index (Phi) is 3.53. The molecular formula is C8H9F3O5S. The molecule has 98 valence electrons. The van der Waals surface area contributed by atoms with Gasteiger partial charge in [0, 0.05) is 6.42 Å². The minimum atomic E-state index is -5.92. The van der Waals surface area contributed by atoms with E-state index >= 15 is 0 Å². The first-order valence-electron chi connectivity index (χ1n) is 4.51. The molecule has 0 aliphatic heterocycles. The molecule has 1 aliphatic carbocycles. The lowest BCUT2D eigenvalue weighted by molar-refractivity contribution is -0.157. The van der Waals surface area contributed by atoms with Gasteiger partial charge in [-0.25, -0.2) is 8.98 Å². The molecule has 17 heavy (non-hydrogen) atoms. The summed E-state index contributed by atoms with van der Waals surface area (Å²) in [4.78, 5) is 10.9. The molecule has 0 radical (unpaired) electrons. The molecule has 0 aromatic rings. The predicted molar refractivity (Wildman–Crippen MR) is 49.4 cm³/mol. The van der Waals surface area contributed by atoms with Gasteiger partial charge >= 0.3 is 21.6 Å². The third kappa shape index (κ3) is 2.78. The Morgan fingerprint density at radius 2 is 1.94 bits per heavy atom. The zero-order valence-corrected chi connectivity index (χ0v) is 9.21. The minimum Gasteiger partial charge on any atom is -0.479 e. The van der Waals surface area contributed by atoms with E-state index in [9.17, 15) is 26.4 Å². The zero-order valence-electron chi connectivity index (χ0n) is 8.40. The van der Waals surface area contributed by atoms with Crippen LogP contribution in [0.2, 0.25) is 0 Å². The van der Waals surface area contributed by atoms with Crippen LogP contribution in [-0.2, 0) is 19.1 Å². The lowest BCUT2D eigenvalue weighted by Crippen LogP contribution is -2.46. The smallest absolute Gasteiger partial charge is 0.479 e. The summed E-state index contributed by atoms with van der Waals surface area (Å²) in [7, 11) is -5.92. The van der Waals surface area contributed by atoms with Crippen molar-refractivity contribution in [3.63, 3.8) is 0 Å². The Hall–Kier alpha value is -1.09. The van der Waals surface area contributed by atoms with E-state index in [1.165, 1.54) is 6.08 Å². The van der Waals surface area contributed by atoms with E-state index in [4.69, 9.17) is 5.11 Å². The highest BCUT2D eigenvalue weighted by Gasteiger charge is 2.54. The van der Waals surface area contributed by atoms with Crippen molar-refractivity contribution >= 4 is 16.1 Å². The second-order valence-corrected chi connectivity index (χ2v) is 5.03. The summed E-state index contributed by atoms with van der Waals surface area (Å²) in [6.45, 7) is 0. The summed E-state index contributed by atoms with van der Waals surface area (Å²) in [5.74, 6) is -1.73. The molecule has 1 N–H and O–H groups in total. The number of carboxylic acids is 1. The third-order valence-corrected chi connectivity index (χ3v) is 3.38. The second kappa shape index (κ2) is 4.30. The van der Waals surface area contributed by atoms with Crippen molar-refractivity contribution in [2.45, 2.75) is 30.4 Å². The van der Waals surface area contributed by atoms with Gasteiger partial charge in [0.2, 0.25) is 0 Å². The van der Waals surface area contributed by atoms with Gasteiger partial charge in [0.25, 0.3) is 0 Å². The lowest BCUT2D eigenvalue weighted by atomic mass is 9.90. The van der Waals surface area contributed by atoms with Crippen molar-refractivity contribution < 1.29 is 35.7 Å². The lowest BCUT2D eigenvalue weighted by Gasteiger charge is -2.29. The number of carbonyl (C=O) groups is 1. The summed E-state index contributed by atoms with van der Waals surface area (Å²) in [5.41, 5.74) is -7.99. The molecule has 9 heteroatoms. The fourth-order valence-corrected chi connectivity index (χ4v) is 2.11. The van der Waals surface area contributed by atoms with Crippen molar-refractivity contribution in [2.75, 3.05) is 0 Å². The molecule has 0 amide bonds. The molecule has 1 rings (SSSR count). The van der Waals surface area contributed by atoms with Gasteiger partial charge in [-0.2, -0.15) is 21.6 Å². The van der Waals surface area contributed by atoms with Crippen LogP contribution in [-0.4, -0.2) is 30.6 Å². The van der Waals surface area contributed by atoms with Gasteiger partial charge in [-0.05, 0) is 12.8 Å². The number of hydrogen-bond acceptors (Lipinski definition) is 4. The molecule has 0 saturated carbocycles. The van der Waals surface area contributed by atoms with E-state index in [1.807, 2.05) is 0 Å². The summed E-state index contributed by atoms with van der Waals surface area (Å²) in [6.07, 6.45) is 2.22. The fourth-order valence-electron chi connectivity index (χ4n) is 1.37. The number of rotatable bonds is 3. The van der Waals surface area contributed by atoms with Gasteiger partial charge < -0.3 is 5.11 Å². The zero-order chi connectivity index (χ0) is 13.3. The number of alkyl halides is 3. The Bertz CT molecular complexity index is 439. The number of aliphatic carboxylic acids is 1. The van der Waals surface area contributed by atoms with Crippen LogP contribution in [0.3, 0.4) is 0 Å². The van der Waals surface area contributed by atoms with Gasteiger partial charge in [0.15, 0.2) is 5.60 Å². The topological polar surface area (TPSA) is 80.7 Å². The van der Waals surface area contributed by atoms with Crippen LogP contribution in [0.5, 0.6) is 0 Å². The van der Waals surface area contributed by atoms with Crippen molar-refractivity contribution in [3.8, 4) is 0 Å². The van der Waals surface area contributed by atoms with E-state index in [1.54, 1.807) is 6.08 Å². The average molecular weight is 274 g/mol. The molecule has 0 saturated heterocycles. The van der Waals surface area contributed by atoms with E-state index in [0.717, 1.165) is 0 Å². The van der Waals surface area contributed by atoms with Crippen LogP contribution in [0.25, 0.3) is 0 Å². The number of hydrogen-bond donors (Lipinski definition) is 1. The van der Waals surface area contributed by atoms with Gasteiger partial charge in [-0.3, -0.25) is 0 Å². The van der Waals surface area contributed by atoms with E-state index in [-0.39, 0.29) is 12.8 Å². The number of halogens is 3. The average Bonchev–Trinajstić information content (AvgIpc) is 2.16. The van der Waals surface area contributed by atoms with Gasteiger partial charge in [0.05, 0.1) is 0 Å². The first-order valence-corrected chi connectivity index (χ1v) is 5.92. The highest BCUT2D eigenvalue weighted by atomic mass is 32.2. The molecule has 0 aromatic heterocycles. The molecule has 0 fully saturated rings. The fraction of sp³-hybridized carbons (Fsp3) is 0.625. The Morgan fingerprint density at radius 3 is 2.29 bits per heavy atom. The summed E-state index contributed by atoms with van der Waals surface area (Å²) in [5, 5.41) is 8.83. The normalized spacial score (nSPS) is 25.8. The Morgan fingerprint density at radius 1 is 1.35 bits per heavy atom. The molecule has 0 spiro atoms. The maximum Gasteiger partial charge on any atom is 0.523 e. The van der Waals surface area contributed by atoms with Crippen LogP contribution >= 0.6 is 0 Å². The van der Waals surface area contributed by atoms with Gasteiger partial charge in [-0.15, -0.1) is 0 Å². The first kappa shape index (κ1) is 14.0. The molecule has 0 bridgehead atoms. The second-order valence-electron chi connectivity index (χ2n) is 3.50. The molecule has 0 aromatic carbocycles. The summed E-state index contributed by atoms with van der Waals surface area (Å²) in [6, 6.07) is 0. The van der Waals surface area contributed by atoms with Crippen LogP contribution in [0.1, 0.15) is 19.3 Å². The van der Waals surface area contributed by atoms with Crippen molar-refractivity contribution in [3.05, 3.63) is 12.2 Å². The largest absolute Gasteiger partial charge is 0.523 e. The van der Waals surface area contributed by atoms with E-state index in [0.29, 0.717) is 0 Å². The quantitative estimate of drug-likeness (QED) is 0.478. The summed E-state index contributed by atoms with van der Waals surface area (Å²) < 4.78 is 61.8. The third-order valence-electron chi connectivity index (χ3n) is 2.27. The molecule has 5 nitrogen and oxygen atoms in total. The molecule has 0 heterocycles. The summed E-state index contributed by atoms with van der Waals surface area (Å²) >= 11 is 0.